The molecule has 0 spiro atoms. The number of non-ortho nitro benzene ring substituents is 1. The second-order valence-electron chi connectivity index (χ2n) is 9.07. The highest BCUT2D eigenvalue weighted by molar-refractivity contribution is 5.82. The fourth-order valence-electron chi connectivity index (χ4n) is 5.26. The molecule has 1 saturated heterocycles. The normalized spacial score (nSPS) is 19.0. The Balaban J connectivity index is 1.40. The van der Waals surface area contributed by atoms with Crippen LogP contribution in [0.4, 0.5) is 21.5 Å². The van der Waals surface area contributed by atoms with Crippen LogP contribution in [0, 0.1) is 21.8 Å². The lowest BCUT2D eigenvalue weighted by atomic mass is 9.83. The SMILES string of the molecule is O=C(NCCc1ccccc1)[C@H]1Cc2cc([N+](=O)[O-])ccc2N2CCN(c3ccccc3F)C[C@@H]12. The van der Waals surface area contributed by atoms with Crippen LogP contribution in [0.25, 0.3) is 0 Å². The van der Waals surface area contributed by atoms with Gasteiger partial charge in [0.2, 0.25) is 5.91 Å². The molecule has 1 N–H and O–H groups in total. The number of halogens is 1. The monoisotopic (exact) mass is 474 g/mol. The smallest absolute Gasteiger partial charge is 0.269 e. The van der Waals surface area contributed by atoms with Crippen molar-refractivity contribution in [3.8, 4) is 0 Å². The zero-order valence-electron chi connectivity index (χ0n) is 19.3. The Labute approximate surface area is 203 Å². The highest BCUT2D eigenvalue weighted by Gasteiger charge is 2.42. The Morgan fingerprint density at radius 3 is 2.57 bits per heavy atom. The van der Waals surface area contributed by atoms with E-state index >= 15 is 0 Å². The molecule has 180 valence electrons. The number of carbonyl (C=O) groups excluding carboxylic acids is 1. The van der Waals surface area contributed by atoms with E-state index in [4.69, 9.17) is 0 Å². The predicted molar refractivity (Wildman–Crippen MR) is 133 cm³/mol. The molecule has 0 aromatic heterocycles. The number of rotatable bonds is 6. The average Bonchev–Trinajstić information content (AvgIpc) is 2.88. The summed E-state index contributed by atoms with van der Waals surface area (Å²) in [7, 11) is 0. The topological polar surface area (TPSA) is 78.7 Å². The molecule has 2 atom stereocenters. The van der Waals surface area contributed by atoms with Gasteiger partial charge in [-0.25, -0.2) is 4.39 Å². The number of amides is 1. The zero-order chi connectivity index (χ0) is 24.4. The number of nitrogens with zero attached hydrogens (tertiary/aromatic N) is 3. The van der Waals surface area contributed by atoms with E-state index in [-0.39, 0.29) is 23.5 Å². The van der Waals surface area contributed by atoms with E-state index in [9.17, 15) is 19.3 Å². The lowest BCUT2D eigenvalue weighted by Crippen LogP contribution is -2.61. The Hall–Kier alpha value is -3.94. The molecule has 8 heteroatoms. The van der Waals surface area contributed by atoms with Crippen molar-refractivity contribution in [1.29, 1.82) is 0 Å². The van der Waals surface area contributed by atoms with Crippen LogP contribution < -0.4 is 15.1 Å². The third-order valence-electron chi connectivity index (χ3n) is 6.99. The van der Waals surface area contributed by atoms with Crippen LogP contribution in [0.3, 0.4) is 0 Å². The molecule has 2 heterocycles. The van der Waals surface area contributed by atoms with Crippen molar-refractivity contribution in [2.24, 2.45) is 5.92 Å². The molecule has 0 unspecified atom stereocenters. The van der Waals surface area contributed by atoms with Crippen LogP contribution in [0.15, 0.2) is 72.8 Å². The largest absolute Gasteiger partial charge is 0.365 e. The molecule has 2 aliphatic heterocycles. The second-order valence-corrected chi connectivity index (χ2v) is 9.07. The maximum atomic E-state index is 14.5. The Bertz CT molecular complexity index is 1240. The van der Waals surface area contributed by atoms with E-state index in [1.807, 2.05) is 41.3 Å². The van der Waals surface area contributed by atoms with Crippen molar-refractivity contribution in [1.82, 2.24) is 5.32 Å². The molecule has 7 nitrogen and oxygen atoms in total. The summed E-state index contributed by atoms with van der Waals surface area (Å²) < 4.78 is 14.5. The molecule has 3 aromatic rings. The Kier molecular flexibility index (Phi) is 6.35. The molecule has 3 aromatic carbocycles. The van der Waals surface area contributed by atoms with Crippen molar-refractivity contribution in [3.05, 3.63) is 99.9 Å². The minimum Gasteiger partial charge on any atom is -0.365 e. The van der Waals surface area contributed by atoms with Gasteiger partial charge in [0.15, 0.2) is 0 Å². The summed E-state index contributed by atoms with van der Waals surface area (Å²) in [4.78, 5) is 28.5. The number of nitro groups is 1. The van der Waals surface area contributed by atoms with Crippen LogP contribution in [0.2, 0.25) is 0 Å². The summed E-state index contributed by atoms with van der Waals surface area (Å²) in [5.41, 5.74) is 3.42. The molecular formula is C27H27FN4O3. The fraction of sp³-hybridized carbons (Fsp3) is 0.296. The Morgan fingerprint density at radius 2 is 1.80 bits per heavy atom. The first-order valence-corrected chi connectivity index (χ1v) is 11.9. The maximum Gasteiger partial charge on any atom is 0.269 e. The van der Waals surface area contributed by atoms with Gasteiger partial charge in [-0.3, -0.25) is 14.9 Å². The summed E-state index contributed by atoms with van der Waals surface area (Å²) >= 11 is 0. The minimum atomic E-state index is -0.408. The number of anilines is 2. The van der Waals surface area contributed by atoms with Gasteiger partial charge in [-0.1, -0.05) is 42.5 Å². The van der Waals surface area contributed by atoms with Gasteiger partial charge in [-0.05, 0) is 42.2 Å². The standard InChI is InChI=1S/C27H27FN4O3/c28-23-8-4-5-9-25(23)30-14-15-31-24-11-10-21(32(34)35)16-20(24)17-22(26(31)18-30)27(33)29-13-12-19-6-2-1-3-7-19/h1-11,16,22,26H,12-15,17-18H2,(H,29,33)/t22-,26-/m0/s1. The number of hydrogen-bond acceptors (Lipinski definition) is 5. The number of nitrogens with one attached hydrogen (secondary N) is 1. The van der Waals surface area contributed by atoms with Crippen molar-refractivity contribution in [2.45, 2.75) is 18.9 Å². The summed E-state index contributed by atoms with van der Waals surface area (Å²) in [5, 5.41) is 14.4. The van der Waals surface area contributed by atoms with E-state index in [0.717, 1.165) is 23.2 Å². The van der Waals surface area contributed by atoms with Crippen LogP contribution in [0.1, 0.15) is 11.1 Å². The quantitative estimate of drug-likeness (QED) is 0.432. The molecular weight excluding hydrogens is 447 g/mol. The predicted octanol–water partition coefficient (Wildman–Crippen LogP) is 3.96. The van der Waals surface area contributed by atoms with Gasteiger partial charge < -0.3 is 15.1 Å². The first kappa shape index (κ1) is 22.8. The van der Waals surface area contributed by atoms with E-state index < -0.39 is 10.8 Å². The average molecular weight is 475 g/mol. The molecule has 5 rings (SSSR count). The number of hydrogen-bond donors (Lipinski definition) is 1. The van der Waals surface area contributed by atoms with Gasteiger partial charge in [0.05, 0.1) is 22.6 Å². The molecule has 1 fully saturated rings. The van der Waals surface area contributed by atoms with Crippen molar-refractivity contribution in [2.75, 3.05) is 36.0 Å². The first-order chi connectivity index (χ1) is 17.0. The minimum absolute atomic E-state index is 0.0235. The third-order valence-corrected chi connectivity index (χ3v) is 6.99. The van der Waals surface area contributed by atoms with Gasteiger partial charge in [0.25, 0.3) is 5.69 Å². The van der Waals surface area contributed by atoms with Crippen molar-refractivity contribution in [3.63, 3.8) is 0 Å². The zero-order valence-corrected chi connectivity index (χ0v) is 19.3. The van der Waals surface area contributed by atoms with Crippen LogP contribution in [-0.4, -0.2) is 43.1 Å². The van der Waals surface area contributed by atoms with E-state index in [1.165, 1.54) is 12.1 Å². The van der Waals surface area contributed by atoms with E-state index in [1.54, 1.807) is 24.3 Å². The Morgan fingerprint density at radius 1 is 1.03 bits per heavy atom. The maximum absolute atomic E-state index is 14.5. The molecule has 0 saturated carbocycles. The molecule has 0 bridgehead atoms. The highest BCUT2D eigenvalue weighted by atomic mass is 19.1. The van der Waals surface area contributed by atoms with Crippen LogP contribution in [0.5, 0.6) is 0 Å². The number of piperazine rings is 1. The number of nitro benzene ring substituents is 1. The molecule has 0 radical (unpaired) electrons. The lowest BCUT2D eigenvalue weighted by molar-refractivity contribution is -0.384. The summed E-state index contributed by atoms with van der Waals surface area (Å²) in [5.74, 6) is -0.769. The highest BCUT2D eigenvalue weighted by Crippen LogP contribution is 2.38. The molecule has 2 aliphatic rings. The van der Waals surface area contributed by atoms with Gasteiger partial charge in [-0.15, -0.1) is 0 Å². The van der Waals surface area contributed by atoms with E-state index in [2.05, 4.69) is 10.2 Å². The summed E-state index contributed by atoms with van der Waals surface area (Å²) in [6.07, 6.45) is 1.12. The lowest BCUT2D eigenvalue weighted by Gasteiger charge is -2.49. The number of fused-ring (bicyclic) bond motifs is 3. The van der Waals surface area contributed by atoms with Crippen LogP contribution >= 0.6 is 0 Å². The van der Waals surface area contributed by atoms with Crippen LogP contribution in [-0.2, 0) is 17.6 Å². The van der Waals surface area contributed by atoms with E-state index in [0.29, 0.717) is 38.3 Å². The second kappa shape index (κ2) is 9.74. The summed E-state index contributed by atoms with van der Waals surface area (Å²) in [6, 6.07) is 21.4. The van der Waals surface area contributed by atoms with Gasteiger partial charge in [0.1, 0.15) is 5.82 Å². The molecule has 35 heavy (non-hydrogen) atoms. The fourth-order valence-corrected chi connectivity index (χ4v) is 5.26. The number of para-hydroxylation sites is 1. The van der Waals surface area contributed by atoms with Gasteiger partial charge >= 0.3 is 0 Å². The van der Waals surface area contributed by atoms with Gasteiger partial charge in [-0.2, -0.15) is 0 Å². The molecule has 0 aliphatic carbocycles. The summed E-state index contributed by atoms with van der Waals surface area (Å²) in [6.45, 7) is 2.19. The van der Waals surface area contributed by atoms with Crippen molar-refractivity contribution < 1.29 is 14.1 Å². The van der Waals surface area contributed by atoms with Crippen molar-refractivity contribution >= 4 is 23.0 Å². The number of benzene rings is 3. The third kappa shape index (κ3) is 4.69. The molecule has 1 amide bonds. The first-order valence-electron chi connectivity index (χ1n) is 11.9. The number of carbonyl (C=O) groups is 1. The van der Waals surface area contributed by atoms with Gasteiger partial charge in [0, 0.05) is 44.0 Å².